The monoisotopic (exact) mass is 221 g/mol. The molecular weight excluding hydrogens is 210 g/mol. The van der Waals surface area contributed by atoms with Gasteiger partial charge in [-0.3, -0.25) is 0 Å². The maximum atomic E-state index is 5.53. The molecule has 0 aliphatic heterocycles. The Kier molecular flexibility index (Phi) is 2.73. The molecule has 1 aromatic heterocycles. The van der Waals surface area contributed by atoms with E-state index in [2.05, 4.69) is 10.3 Å². The Labute approximate surface area is 91.7 Å². The lowest BCUT2D eigenvalue weighted by atomic mass is 10.3. The van der Waals surface area contributed by atoms with Crippen molar-refractivity contribution >= 4 is 28.0 Å². The van der Waals surface area contributed by atoms with Crippen LogP contribution in [0.4, 0.5) is 16.6 Å². The zero-order valence-electron chi connectivity index (χ0n) is 8.23. The first kappa shape index (κ1) is 9.79. The molecule has 0 amide bonds. The zero-order valence-corrected chi connectivity index (χ0v) is 9.04. The lowest BCUT2D eigenvalue weighted by Gasteiger charge is -2.03. The van der Waals surface area contributed by atoms with E-state index < -0.39 is 0 Å². The van der Waals surface area contributed by atoms with Gasteiger partial charge >= 0.3 is 0 Å². The molecule has 0 saturated carbocycles. The van der Waals surface area contributed by atoms with Crippen LogP contribution in [0, 0.1) is 0 Å². The third-order valence-electron chi connectivity index (χ3n) is 1.88. The molecule has 0 spiro atoms. The van der Waals surface area contributed by atoms with Gasteiger partial charge in [0.15, 0.2) is 5.13 Å². The molecule has 15 heavy (non-hydrogen) atoms. The molecule has 0 aliphatic rings. The van der Waals surface area contributed by atoms with Gasteiger partial charge in [0.05, 0.1) is 7.11 Å². The fraction of sp³-hybridized carbons (Fsp3) is 0.100. The number of ether oxygens (including phenoxy) is 1. The Bertz CT molecular complexity index is 438. The second-order valence-corrected chi connectivity index (χ2v) is 3.81. The van der Waals surface area contributed by atoms with E-state index in [0.29, 0.717) is 5.13 Å². The molecule has 2 rings (SSSR count). The van der Waals surface area contributed by atoms with Gasteiger partial charge in [0, 0.05) is 11.1 Å². The van der Waals surface area contributed by atoms with E-state index in [1.165, 1.54) is 11.3 Å². The largest absolute Gasteiger partial charge is 0.497 e. The summed E-state index contributed by atoms with van der Waals surface area (Å²) in [7, 11) is 1.64. The summed E-state index contributed by atoms with van der Waals surface area (Å²) in [5, 5.41) is 5.58. The van der Waals surface area contributed by atoms with Crippen LogP contribution in [-0.4, -0.2) is 12.1 Å². The van der Waals surface area contributed by atoms with Gasteiger partial charge in [-0.1, -0.05) is 0 Å². The standard InChI is InChI=1S/C10H11N3OS/c1-14-8-4-2-7(3-5-8)12-9-6-15-10(11)13-9/h2-6,12H,1H3,(H2,11,13). The Morgan fingerprint density at radius 2 is 2.07 bits per heavy atom. The quantitative estimate of drug-likeness (QED) is 0.836. The number of anilines is 3. The van der Waals surface area contributed by atoms with Crippen molar-refractivity contribution in [3.05, 3.63) is 29.6 Å². The van der Waals surface area contributed by atoms with Crippen molar-refractivity contribution in [2.75, 3.05) is 18.2 Å². The number of aromatic nitrogens is 1. The minimum atomic E-state index is 0.561. The summed E-state index contributed by atoms with van der Waals surface area (Å²) in [6.45, 7) is 0. The van der Waals surface area contributed by atoms with Crippen LogP contribution in [0.3, 0.4) is 0 Å². The number of hydrogen-bond donors (Lipinski definition) is 2. The Balaban J connectivity index is 2.11. The number of nitrogens with one attached hydrogen (secondary N) is 1. The predicted octanol–water partition coefficient (Wildman–Crippen LogP) is 2.48. The molecule has 0 atom stereocenters. The van der Waals surface area contributed by atoms with Gasteiger partial charge < -0.3 is 15.8 Å². The number of rotatable bonds is 3. The van der Waals surface area contributed by atoms with Crippen LogP contribution in [0.25, 0.3) is 0 Å². The highest BCUT2D eigenvalue weighted by molar-refractivity contribution is 7.13. The van der Waals surface area contributed by atoms with Gasteiger partial charge in [0.2, 0.25) is 0 Å². The first-order valence-electron chi connectivity index (χ1n) is 4.40. The molecule has 0 bridgehead atoms. The van der Waals surface area contributed by atoms with Gasteiger partial charge in [-0.25, -0.2) is 4.98 Å². The van der Waals surface area contributed by atoms with E-state index in [4.69, 9.17) is 10.5 Å². The molecular formula is C10H11N3OS. The molecule has 1 heterocycles. The summed E-state index contributed by atoms with van der Waals surface area (Å²) >= 11 is 1.41. The molecule has 4 nitrogen and oxygen atoms in total. The highest BCUT2D eigenvalue weighted by atomic mass is 32.1. The van der Waals surface area contributed by atoms with Gasteiger partial charge in [-0.05, 0) is 24.3 Å². The first-order valence-corrected chi connectivity index (χ1v) is 5.28. The Hall–Kier alpha value is -1.75. The van der Waals surface area contributed by atoms with E-state index in [0.717, 1.165) is 17.3 Å². The minimum absolute atomic E-state index is 0.561. The van der Waals surface area contributed by atoms with Crippen LogP contribution in [0.15, 0.2) is 29.6 Å². The maximum absolute atomic E-state index is 5.53. The van der Waals surface area contributed by atoms with E-state index in [-0.39, 0.29) is 0 Å². The van der Waals surface area contributed by atoms with Crippen LogP contribution in [0.5, 0.6) is 5.75 Å². The number of nitrogens with zero attached hydrogens (tertiary/aromatic N) is 1. The molecule has 3 N–H and O–H groups in total. The van der Waals surface area contributed by atoms with Crippen molar-refractivity contribution < 1.29 is 4.74 Å². The van der Waals surface area contributed by atoms with E-state index in [9.17, 15) is 0 Å². The smallest absolute Gasteiger partial charge is 0.182 e. The van der Waals surface area contributed by atoms with Crippen molar-refractivity contribution in [2.24, 2.45) is 0 Å². The van der Waals surface area contributed by atoms with Crippen molar-refractivity contribution in [3.63, 3.8) is 0 Å². The molecule has 2 aromatic rings. The lowest BCUT2D eigenvalue weighted by Crippen LogP contribution is -1.91. The van der Waals surface area contributed by atoms with Crippen molar-refractivity contribution in [2.45, 2.75) is 0 Å². The fourth-order valence-corrected chi connectivity index (χ4v) is 1.66. The fourth-order valence-electron chi connectivity index (χ4n) is 1.17. The van der Waals surface area contributed by atoms with E-state index in [1.54, 1.807) is 7.11 Å². The predicted molar refractivity (Wildman–Crippen MR) is 62.8 cm³/mol. The Morgan fingerprint density at radius 3 is 2.60 bits per heavy atom. The summed E-state index contributed by atoms with van der Waals surface area (Å²) < 4.78 is 5.06. The highest BCUT2D eigenvalue weighted by Gasteiger charge is 1.99. The molecule has 0 unspecified atom stereocenters. The summed E-state index contributed by atoms with van der Waals surface area (Å²) in [6, 6.07) is 7.62. The zero-order chi connectivity index (χ0) is 10.7. The summed E-state index contributed by atoms with van der Waals surface area (Å²) in [5.41, 5.74) is 6.48. The molecule has 5 heteroatoms. The summed E-state index contributed by atoms with van der Waals surface area (Å²) in [5.74, 6) is 1.60. The number of nitrogens with two attached hydrogens (primary N) is 1. The average molecular weight is 221 g/mol. The average Bonchev–Trinajstić information content (AvgIpc) is 2.65. The van der Waals surface area contributed by atoms with Crippen LogP contribution in [0.2, 0.25) is 0 Å². The molecule has 78 valence electrons. The van der Waals surface area contributed by atoms with Gasteiger partial charge in [0.1, 0.15) is 11.6 Å². The van der Waals surface area contributed by atoms with Gasteiger partial charge in [0.25, 0.3) is 0 Å². The molecule has 1 aromatic carbocycles. The van der Waals surface area contributed by atoms with Crippen molar-refractivity contribution in [1.82, 2.24) is 4.98 Å². The van der Waals surface area contributed by atoms with Crippen molar-refractivity contribution in [1.29, 1.82) is 0 Å². The first-order chi connectivity index (χ1) is 7.28. The summed E-state index contributed by atoms with van der Waals surface area (Å²) in [4.78, 5) is 4.10. The van der Waals surface area contributed by atoms with Crippen LogP contribution in [0.1, 0.15) is 0 Å². The third kappa shape index (κ3) is 2.38. The van der Waals surface area contributed by atoms with Crippen LogP contribution < -0.4 is 15.8 Å². The molecule has 0 radical (unpaired) electrons. The van der Waals surface area contributed by atoms with E-state index in [1.807, 2.05) is 29.6 Å². The van der Waals surface area contributed by atoms with Crippen molar-refractivity contribution in [3.8, 4) is 5.75 Å². The maximum Gasteiger partial charge on any atom is 0.182 e. The lowest BCUT2D eigenvalue weighted by molar-refractivity contribution is 0.415. The number of thiazole rings is 1. The highest BCUT2D eigenvalue weighted by Crippen LogP contribution is 2.22. The second-order valence-electron chi connectivity index (χ2n) is 2.92. The number of nitrogen functional groups attached to an aromatic ring is 1. The molecule has 0 fully saturated rings. The minimum Gasteiger partial charge on any atom is -0.497 e. The van der Waals surface area contributed by atoms with Gasteiger partial charge in [-0.2, -0.15) is 0 Å². The molecule has 0 aliphatic carbocycles. The number of benzene rings is 1. The van der Waals surface area contributed by atoms with Gasteiger partial charge in [-0.15, -0.1) is 11.3 Å². The normalized spacial score (nSPS) is 9.93. The topological polar surface area (TPSA) is 60.2 Å². The second kappa shape index (κ2) is 4.18. The third-order valence-corrected chi connectivity index (χ3v) is 2.56. The van der Waals surface area contributed by atoms with Crippen LogP contribution in [-0.2, 0) is 0 Å². The van der Waals surface area contributed by atoms with Crippen LogP contribution >= 0.6 is 11.3 Å². The number of methoxy groups -OCH3 is 1. The van der Waals surface area contributed by atoms with E-state index >= 15 is 0 Å². The Morgan fingerprint density at radius 1 is 1.33 bits per heavy atom. The summed E-state index contributed by atoms with van der Waals surface area (Å²) in [6.07, 6.45) is 0. The molecule has 0 saturated heterocycles. The SMILES string of the molecule is COc1ccc(Nc2csc(N)n2)cc1. The number of hydrogen-bond acceptors (Lipinski definition) is 5.